The summed E-state index contributed by atoms with van der Waals surface area (Å²) in [5.41, 5.74) is 6.05. The van der Waals surface area contributed by atoms with Gasteiger partial charge in [0.15, 0.2) is 0 Å². The van der Waals surface area contributed by atoms with E-state index in [0.717, 1.165) is 6.08 Å². The minimum atomic E-state index is -1.04. The van der Waals surface area contributed by atoms with Gasteiger partial charge in [0.05, 0.1) is 0 Å². The van der Waals surface area contributed by atoms with E-state index >= 15 is 0 Å². The predicted octanol–water partition coefficient (Wildman–Crippen LogP) is 0.388. The summed E-state index contributed by atoms with van der Waals surface area (Å²) in [6.45, 7) is 1.49. The van der Waals surface area contributed by atoms with Crippen LogP contribution in [0.4, 0.5) is 0 Å². The molecule has 19 heavy (non-hydrogen) atoms. The summed E-state index contributed by atoms with van der Waals surface area (Å²) in [5, 5.41) is 10.9. The van der Waals surface area contributed by atoms with Crippen LogP contribution in [-0.4, -0.2) is 28.9 Å². The van der Waals surface area contributed by atoms with Crippen molar-refractivity contribution in [3.05, 3.63) is 41.5 Å². The summed E-state index contributed by atoms with van der Waals surface area (Å²) in [5.74, 6) is -2.08. The largest absolute Gasteiger partial charge is 0.478 e. The first-order chi connectivity index (χ1) is 8.90. The Morgan fingerprint density at radius 1 is 1.26 bits per heavy atom. The van der Waals surface area contributed by atoms with Crippen LogP contribution < -0.4 is 11.1 Å². The lowest BCUT2D eigenvalue weighted by molar-refractivity contribution is -0.131. The number of nitrogens with two attached hydrogens (primary N) is 1. The molecule has 0 aromatic heterocycles. The van der Waals surface area contributed by atoms with E-state index in [9.17, 15) is 14.4 Å². The van der Waals surface area contributed by atoms with Crippen LogP contribution in [0, 0.1) is 0 Å². The second kappa shape index (κ2) is 6.34. The Kier molecular flexibility index (Phi) is 4.82. The molecule has 0 bridgehead atoms. The molecule has 1 aromatic carbocycles. The van der Waals surface area contributed by atoms with E-state index < -0.39 is 23.8 Å². The van der Waals surface area contributed by atoms with Crippen LogP contribution in [0.1, 0.15) is 22.8 Å². The Morgan fingerprint density at radius 3 is 2.32 bits per heavy atom. The lowest BCUT2D eigenvalue weighted by Gasteiger charge is -2.09. The number of primary amides is 1. The van der Waals surface area contributed by atoms with Crippen molar-refractivity contribution < 1.29 is 19.5 Å². The quantitative estimate of drug-likeness (QED) is 0.666. The van der Waals surface area contributed by atoms with Crippen LogP contribution in [0.25, 0.3) is 6.08 Å². The third-order valence-corrected chi connectivity index (χ3v) is 2.37. The van der Waals surface area contributed by atoms with Crippen LogP contribution in [-0.2, 0) is 9.59 Å². The molecule has 0 heterocycles. The van der Waals surface area contributed by atoms with E-state index in [1.54, 1.807) is 12.1 Å². The SMILES string of the molecule is CC(NC(=O)c1ccc(C=CC(=O)O)cc1)C(N)=O. The second-order valence-electron chi connectivity index (χ2n) is 3.89. The first-order valence-electron chi connectivity index (χ1n) is 5.51. The Hall–Kier alpha value is -2.63. The zero-order valence-corrected chi connectivity index (χ0v) is 10.3. The summed E-state index contributed by atoms with van der Waals surface area (Å²) in [6, 6.07) is 5.51. The van der Waals surface area contributed by atoms with Crippen molar-refractivity contribution in [2.24, 2.45) is 5.73 Å². The van der Waals surface area contributed by atoms with Gasteiger partial charge in [-0.05, 0) is 30.7 Å². The number of hydrogen-bond donors (Lipinski definition) is 3. The number of carboxylic acid groups (broad SMARTS) is 1. The van der Waals surface area contributed by atoms with Gasteiger partial charge >= 0.3 is 5.97 Å². The van der Waals surface area contributed by atoms with E-state index in [2.05, 4.69) is 5.32 Å². The molecule has 1 aromatic rings. The van der Waals surface area contributed by atoms with Crippen LogP contribution in [0.15, 0.2) is 30.3 Å². The highest BCUT2D eigenvalue weighted by Gasteiger charge is 2.13. The van der Waals surface area contributed by atoms with Crippen molar-refractivity contribution in [3.63, 3.8) is 0 Å². The third-order valence-electron chi connectivity index (χ3n) is 2.37. The maximum atomic E-state index is 11.7. The van der Waals surface area contributed by atoms with Gasteiger partial charge in [-0.1, -0.05) is 12.1 Å². The maximum Gasteiger partial charge on any atom is 0.328 e. The van der Waals surface area contributed by atoms with E-state index in [-0.39, 0.29) is 0 Å². The normalized spacial score (nSPS) is 12.1. The number of nitrogens with one attached hydrogen (secondary N) is 1. The Morgan fingerprint density at radius 2 is 1.84 bits per heavy atom. The average Bonchev–Trinajstić information content (AvgIpc) is 2.36. The molecule has 1 unspecified atom stereocenters. The molecule has 0 spiro atoms. The van der Waals surface area contributed by atoms with Crippen LogP contribution in [0.5, 0.6) is 0 Å². The van der Waals surface area contributed by atoms with E-state index in [0.29, 0.717) is 11.1 Å². The van der Waals surface area contributed by atoms with E-state index in [1.165, 1.54) is 25.1 Å². The van der Waals surface area contributed by atoms with Gasteiger partial charge in [-0.15, -0.1) is 0 Å². The van der Waals surface area contributed by atoms with Crippen LogP contribution in [0.2, 0.25) is 0 Å². The van der Waals surface area contributed by atoms with Gasteiger partial charge in [0.2, 0.25) is 5.91 Å². The summed E-state index contributed by atoms with van der Waals surface area (Å²) in [4.78, 5) is 32.9. The summed E-state index contributed by atoms with van der Waals surface area (Å²) >= 11 is 0. The number of carboxylic acids is 1. The molecule has 0 saturated heterocycles. The van der Waals surface area contributed by atoms with Gasteiger partial charge in [0, 0.05) is 11.6 Å². The fourth-order valence-electron chi connectivity index (χ4n) is 1.26. The van der Waals surface area contributed by atoms with Gasteiger partial charge in [0.1, 0.15) is 6.04 Å². The van der Waals surface area contributed by atoms with Crippen molar-refractivity contribution in [3.8, 4) is 0 Å². The second-order valence-corrected chi connectivity index (χ2v) is 3.89. The molecule has 2 amide bonds. The molecule has 100 valence electrons. The molecule has 1 atom stereocenters. The van der Waals surface area contributed by atoms with Crippen molar-refractivity contribution in [1.29, 1.82) is 0 Å². The van der Waals surface area contributed by atoms with Crippen molar-refractivity contribution in [2.45, 2.75) is 13.0 Å². The smallest absolute Gasteiger partial charge is 0.328 e. The first-order valence-corrected chi connectivity index (χ1v) is 5.51. The predicted molar refractivity (Wildman–Crippen MR) is 69.2 cm³/mol. The molecule has 6 nitrogen and oxygen atoms in total. The molecule has 0 saturated carbocycles. The molecule has 1 rings (SSSR count). The molecule has 0 aliphatic rings. The summed E-state index contributed by atoms with van der Waals surface area (Å²) < 4.78 is 0. The Bertz CT molecular complexity index is 520. The third kappa shape index (κ3) is 4.63. The summed E-state index contributed by atoms with van der Waals surface area (Å²) in [7, 11) is 0. The van der Waals surface area contributed by atoms with Crippen molar-refractivity contribution >= 4 is 23.9 Å². The number of carbonyl (C=O) groups is 3. The minimum Gasteiger partial charge on any atom is -0.478 e. The van der Waals surface area contributed by atoms with Gasteiger partial charge < -0.3 is 16.2 Å². The lowest BCUT2D eigenvalue weighted by atomic mass is 10.1. The van der Waals surface area contributed by atoms with Crippen molar-refractivity contribution in [2.75, 3.05) is 0 Å². The van der Waals surface area contributed by atoms with Crippen LogP contribution >= 0.6 is 0 Å². The molecular weight excluding hydrogens is 248 g/mol. The van der Waals surface area contributed by atoms with E-state index in [1.807, 2.05) is 0 Å². The topological polar surface area (TPSA) is 109 Å². The molecule has 6 heteroatoms. The Balaban J connectivity index is 2.73. The molecule has 0 aliphatic heterocycles. The first kappa shape index (κ1) is 14.4. The van der Waals surface area contributed by atoms with Crippen molar-refractivity contribution in [1.82, 2.24) is 5.32 Å². The highest BCUT2D eigenvalue weighted by atomic mass is 16.4. The monoisotopic (exact) mass is 262 g/mol. The standard InChI is InChI=1S/C13H14N2O4/c1-8(12(14)18)15-13(19)10-5-2-9(3-6-10)4-7-11(16)17/h2-8H,1H3,(H2,14,18)(H,15,19)(H,16,17). The lowest BCUT2D eigenvalue weighted by Crippen LogP contribution is -2.42. The molecule has 0 radical (unpaired) electrons. The zero-order chi connectivity index (χ0) is 14.4. The average molecular weight is 262 g/mol. The number of aliphatic carboxylic acids is 1. The summed E-state index contributed by atoms with van der Waals surface area (Å²) in [6.07, 6.45) is 2.42. The number of carbonyl (C=O) groups excluding carboxylic acids is 2. The fraction of sp³-hybridized carbons (Fsp3) is 0.154. The highest BCUT2D eigenvalue weighted by molar-refractivity contribution is 5.97. The minimum absolute atomic E-state index is 0.362. The van der Waals surface area contributed by atoms with Gasteiger partial charge in [-0.25, -0.2) is 4.79 Å². The number of benzene rings is 1. The molecule has 0 aliphatic carbocycles. The van der Waals surface area contributed by atoms with E-state index in [4.69, 9.17) is 10.8 Å². The van der Waals surface area contributed by atoms with Crippen LogP contribution in [0.3, 0.4) is 0 Å². The Labute approximate surface area is 109 Å². The molecular formula is C13H14N2O4. The highest BCUT2D eigenvalue weighted by Crippen LogP contribution is 2.06. The van der Waals surface area contributed by atoms with Gasteiger partial charge in [0.25, 0.3) is 5.91 Å². The molecule has 0 fully saturated rings. The fourth-order valence-corrected chi connectivity index (χ4v) is 1.26. The number of rotatable bonds is 5. The number of amides is 2. The zero-order valence-electron chi connectivity index (χ0n) is 10.3. The maximum absolute atomic E-state index is 11.7. The van der Waals surface area contributed by atoms with Gasteiger partial charge in [-0.2, -0.15) is 0 Å². The number of hydrogen-bond acceptors (Lipinski definition) is 3. The van der Waals surface area contributed by atoms with Gasteiger partial charge in [-0.3, -0.25) is 9.59 Å². The molecule has 4 N–H and O–H groups in total.